The first-order valence-corrected chi connectivity index (χ1v) is 5.90. The Labute approximate surface area is 89.5 Å². The van der Waals surface area contributed by atoms with E-state index in [1.54, 1.807) is 11.3 Å². The molecule has 0 unspecified atom stereocenters. The number of aromatic nitrogens is 1. The second kappa shape index (κ2) is 5.98. The standard InChI is InChI=1S/C10H18N2OS/c1-4-9-7-14-10(12-9)11-5-6-13-8(2)3/h7-8H,4-6H2,1-3H3,(H,11,12). The summed E-state index contributed by atoms with van der Waals surface area (Å²) >= 11 is 1.66. The van der Waals surface area contributed by atoms with E-state index in [-0.39, 0.29) is 0 Å². The number of nitrogens with zero attached hydrogens (tertiary/aromatic N) is 1. The van der Waals surface area contributed by atoms with Gasteiger partial charge >= 0.3 is 0 Å². The molecule has 1 aromatic rings. The molecule has 0 radical (unpaired) electrons. The van der Waals surface area contributed by atoms with Gasteiger partial charge in [-0.05, 0) is 20.3 Å². The van der Waals surface area contributed by atoms with E-state index in [4.69, 9.17) is 4.74 Å². The van der Waals surface area contributed by atoms with Crippen molar-refractivity contribution >= 4 is 16.5 Å². The molecule has 0 aliphatic rings. The quantitative estimate of drug-likeness (QED) is 0.739. The Morgan fingerprint density at radius 2 is 2.36 bits per heavy atom. The van der Waals surface area contributed by atoms with E-state index in [1.807, 2.05) is 13.8 Å². The highest BCUT2D eigenvalue weighted by atomic mass is 32.1. The minimum absolute atomic E-state index is 0.305. The van der Waals surface area contributed by atoms with E-state index in [2.05, 4.69) is 22.6 Å². The van der Waals surface area contributed by atoms with Gasteiger partial charge in [0, 0.05) is 11.9 Å². The van der Waals surface area contributed by atoms with Crippen molar-refractivity contribution < 1.29 is 4.74 Å². The van der Waals surface area contributed by atoms with Gasteiger partial charge in [-0.1, -0.05) is 6.92 Å². The van der Waals surface area contributed by atoms with Crippen LogP contribution in [0.2, 0.25) is 0 Å². The van der Waals surface area contributed by atoms with Gasteiger partial charge in [0.15, 0.2) is 5.13 Å². The number of hydrogen-bond acceptors (Lipinski definition) is 4. The molecular formula is C10H18N2OS. The molecule has 0 spiro atoms. The highest BCUT2D eigenvalue weighted by molar-refractivity contribution is 7.13. The zero-order chi connectivity index (χ0) is 10.4. The van der Waals surface area contributed by atoms with Crippen LogP contribution in [-0.4, -0.2) is 24.2 Å². The summed E-state index contributed by atoms with van der Waals surface area (Å²) < 4.78 is 5.41. The predicted octanol–water partition coefficient (Wildman–Crippen LogP) is 2.54. The maximum atomic E-state index is 5.41. The van der Waals surface area contributed by atoms with Crippen LogP contribution in [0.15, 0.2) is 5.38 Å². The SMILES string of the molecule is CCc1csc(NCCOC(C)C)n1. The van der Waals surface area contributed by atoms with Crippen LogP contribution in [0.25, 0.3) is 0 Å². The molecule has 3 nitrogen and oxygen atoms in total. The van der Waals surface area contributed by atoms with E-state index < -0.39 is 0 Å². The third-order valence-electron chi connectivity index (χ3n) is 1.74. The molecule has 14 heavy (non-hydrogen) atoms. The van der Waals surface area contributed by atoms with Gasteiger partial charge in [0.25, 0.3) is 0 Å². The van der Waals surface area contributed by atoms with E-state index in [0.717, 1.165) is 30.4 Å². The second-order valence-electron chi connectivity index (χ2n) is 3.34. The number of anilines is 1. The fourth-order valence-corrected chi connectivity index (χ4v) is 1.83. The summed E-state index contributed by atoms with van der Waals surface area (Å²) in [5.74, 6) is 0. The smallest absolute Gasteiger partial charge is 0.182 e. The fourth-order valence-electron chi connectivity index (χ4n) is 1.00. The highest BCUT2D eigenvalue weighted by Gasteiger charge is 1.99. The molecule has 1 rings (SSSR count). The Kier molecular flexibility index (Phi) is 4.90. The van der Waals surface area contributed by atoms with Gasteiger partial charge in [-0.3, -0.25) is 0 Å². The van der Waals surface area contributed by atoms with Gasteiger partial charge in [0.1, 0.15) is 0 Å². The zero-order valence-corrected chi connectivity index (χ0v) is 9.86. The minimum Gasteiger partial charge on any atom is -0.377 e. The number of thiazole rings is 1. The molecule has 0 saturated heterocycles. The van der Waals surface area contributed by atoms with Gasteiger partial charge in [0.05, 0.1) is 18.4 Å². The first kappa shape index (κ1) is 11.5. The second-order valence-corrected chi connectivity index (χ2v) is 4.20. The average molecular weight is 214 g/mol. The molecule has 0 aliphatic carbocycles. The molecule has 1 N–H and O–H groups in total. The lowest BCUT2D eigenvalue weighted by Crippen LogP contribution is -2.13. The molecule has 1 heterocycles. The minimum atomic E-state index is 0.305. The van der Waals surface area contributed by atoms with Crippen LogP contribution in [0, 0.1) is 0 Å². The summed E-state index contributed by atoms with van der Waals surface area (Å²) in [6, 6.07) is 0. The first-order valence-electron chi connectivity index (χ1n) is 5.02. The van der Waals surface area contributed by atoms with Gasteiger partial charge in [-0.25, -0.2) is 4.98 Å². The Bertz CT molecular complexity index is 260. The summed E-state index contributed by atoms with van der Waals surface area (Å²) in [7, 11) is 0. The van der Waals surface area contributed by atoms with Crippen LogP contribution in [0.1, 0.15) is 26.5 Å². The molecule has 0 aromatic carbocycles. The Morgan fingerprint density at radius 1 is 1.57 bits per heavy atom. The maximum absolute atomic E-state index is 5.41. The summed E-state index contributed by atoms with van der Waals surface area (Å²) in [5, 5.41) is 6.32. The number of hydrogen-bond donors (Lipinski definition) is 1. The number of nitrogens with one attached hydrogen (secondary N) is 1. The molecule has 0 amide bonds. The van der Waals surface area contributed by atoms with Crippen molar-refractivity contribution in [1.82, 2.24) is 4.98 Å². The van der Waals surface area contributed by atoms with Crippen LogP contribution >= 0.6 is 11.3 Å². The number of ether oxygens (including phenoxy) is 1. The summed E-state index contributed by atoms with van der Waals surface area (Å²) in [5.41, 5.74) is 1.15. The molecule has 80 valence electrons. The normalized spacial score (nSPS) is 10.9. The monoisotopic (exact) mass is 214 g/mol. The van der Waals surface area contributed by atoms with E-state index in [0.29, 0.717) is 6.10 Å². The van der Waals surface area contributed by atoms with Gasteiger partial charge in [-0.15, -0.1) is 11.3 Å². The van der Waals surface area contributed by atoms with Gasteiger partial charge in [0.2, 0.25) is 0 Å². The van der Waals surface area contributed by atoms with E-state index in [1.165, 1.54) is 0 Å². The van der Waals surface area contributed by atoms with Crippen LogP contribution in [0.4, 0.5) is 5.13 Å². The van der Waals surface area contributed by atoms with Gasteiger partial charge in [-0.2, -0.15) is 0 Å². The molecule has 0 bridgehead atoms. The molecule has 4 heteroatoms. The molecular weight excluding hydrogens is 196 g/mol. The van der Waals surface area contributed by atoms with Crippen LogP contribution in [0.5, 0.6) is 0 Å². The number of aryl methyl sites for hydroxylation is 1. The third kappa shape index (κ3) is 4.07. The summed E-state index contributed by atoms with van der Waals surface area (Å²) in [6.07, 6.45) is 1.31. The van der Waals surface area contributed by atoms with Crippen molar-refractivity contribution in [3.05, 3.63) is 11.1 Å². The molecule has 0 atom stereocenters. The lowest BCUT2D eigenvalue weighted by Gasteiger charge is -2.07. The fraction of sp³-hybridized carbons (Fsp3) is 0.700. The van der Waals surface area contributed by atoms with Crippen molar-refractivity contribution in [1.29, 1.82) is 0 Å². The first-order chi connectivity index (χ1) is 6.72. The van der Waals surface area contributed by atoms with E-state index in [9.17, 15) is 0 Å². The van der Waals surface area contributed by atoms with Crippen LogP contribution in [0.3, 0.4) is 0 Å². The molecule has 1 aromatic heterocycles. The Balaban J connectivity index is 2.18. The van der Waals surface area contributed by atoms with Crippen LogP contribution in [-0.2, 0) is 11.2 Å². The van der Waals surface area contributed by atoms with Gasteiger partial charge < -0.3 is 10.1 Å². The Morgan fingerprint density at radius 3 is 2.93 bits per heavy atom. The van der Waals surface area contributed by atoms with Crippen molar-refractivity contribution in [3.63, 3.8) is 0 Å². The van der Waals surface area contributed by atoms with Crippen molar-refractivity contribution in [2.45, 2.75) is 33.3 Å². The average Bonchev–Trinajstić information content (AvgIpc) is 2.60. The molecule has 0 saturated carbocycles. The lowest BCUT2D eigenvalue weighted by atomic mass is 10.4. The lowest BCUT2D eigenvalue weighted by molar-refractivity contribution is 0.0870. The van der Waals surface area contributed by atoms with Crippen LogP contribution < -0.4 is 5.32 Å². The highest BCUT2D eigenvalue weighted by Crippen LogP contribution is 2.14. The predicted molar refractivity (Wildman–Crippen MR) is 61.1 cm³/mol. The maximum Gasteiger partial charge on any atom is 0.182 e. The third-order valence-corrected chi connectivity index (χ3v) is 2.59. The molecule has 0 aliphatic heterocycles. The largest absolute Gasteiger partial charge is 0.377 e. The molecule has 0 fully saturated rings. The Hall–Kier alpha value is -0.610. The number of rotatable bonds is 6. The summed E-state index contributed by atoms with van der Waals surface area (Å²) in [4.78, 5) is 4.40. The van der Waals surface area contributed by atoms with E-state index >= 15 is 0 Å². The summed E-state index contributed by atoms with van der Waals surface area (Å²) in [6.45, 7) is 7.76. The topological polar surface area (TPSA) is 34.1 Å². The zero-order valence-electron chi connectivity index (χ0n) is 9.04. The van der Waals surface area contributed by atoms with Crippen molar-refractivity contribution in [3.8, 4) is 0 Å². The van der Waals surface area contributed by atoms with Crippen molar-refractivity contribution in [2.24, 2.45) is 0 Å². The van der Waals surface area contributed by atoms with Crippen molar-refractivity contribution in [2.75, 3.05) is 18.5 Å².